The smallest absolute Gasteiger partial charge is 0.0236 e. The Hall–Kier alpha value is -0.160. The SMILES string of the molecule is CN1CCC(N2CCN(CCN)CC2)C1. The van der Waals surface area contributed by atoms with E-state index in [1.807, 2.05) is 0 Å². The summed E-state index contributed by atoms with van der Waals surface area (Å²) in [5.74, 6) is 0. The van der Waals surface area contributed by atoms with Crippen LogP contribution in [0.2, 0.25) is 0 Å². The highest BCUT2D eigenvalue weighted by Gasteiger charge is 2.27. The van der Waals surface area contributed by atoms with Gasteiger partial charge in [-0.1, -0.05) is 0 Å². The van der Waals surface area contributed by atoms with Gasteiger partial charge in [-0.15, -0.1) is 0 Å². The van der Waals surface area contributed by atoms with Crippen molar-refractivity contribution in [2.75, 3.05) is 59.4 Å². The van der Waals surface area contributed by atoms with Crippen molar-refractivity contribution in [1.29, 1.82) is 0 Å². The molecule has 0 aromatic heterocycles. The van der Waals surface area contributed by atoms with Crippen LogP contribution in [0.1, 0.15) is 6.42 Å². The quantitative estimate of drug-likeness (QED) is 0.669. The lowest BCUT2D eigenvalue weighted by molar-refractivity contribution is 0.101. The molecule has 4 nitrogen and oxygen atoms in total. The van der Waals surface area contributed by atoms with Gasteiger partial charge in [-0.05, 0) is 20.0 Å². The molecule has 0 aliphatic carbocycles. The van der Waals surface area contributed by atoms with E-state index in [0.717, 1.165) is 19.1 Å². The maximum atomic E-state index is 5.57. The molecule has 0 bridgehead atoms. The van der Waals surface area contributed by atoms with Gasteiger partial charge in [-0.2, -0.15) is 0 Å². The number of nitrogens with two attached hydrogens (primary N) is 1. The van der Waals surface area contributed by atoms with E-state index in [0.29, 0.717) is 0 Å². The number of hydrogen-bond acceptors (Lipinski definition) is 4. The summed E-state index contributed by atoms with van der Waals surface area (Å²) in [7, 11) is 2.23. The Kier molecular flexibility index (Phi) is 3.97. The first kappa shape index (κ1) is 11.3. The van der Waals surface area contributed by atoms with Gasteiger partial charge in [0, 0.05) is 51.9 Å². The lowest BCUT2D eigenvalue weighted by atomic mass is 10.2. The fraction of sp³-hybridized carbons (Fsp3) is 1.00. The molecule has 0 aromatic carbocycles. The molecule has 2 aliphatic rings. The van der Waals surface area contributed by atoms with Crippen molar-refractivity contribution in [2.45, 2.75) is 12.5 Å². The van der Waals surface area contributed by atoms with Crippen LogP contribution in [-0.2, 0) is 0 Å². The Labute approximate surface area is 93.0 Å². The minimum atomic E-state index is 0.798. The zero-order valence-corrected chi connectivity index (χ0v) is 9.86. The number of nitrogens with zero attached hydrogens (tertiary/aromatic N) is 3. The van der Waals surface area contributed by atoms with Crippen LogP contribution in [0.4, 0.5) is 0 Å². The van der Waals surface area contributed by atoms with E-state index in [1.165, 1.54) is 45.7 Å². The Morgan fingerprint density at radius 3 is 2.40 bits per heavy atom. The van der Waals surface area contributed by atoms with Crippen LogP contribution in [0.5, 0.6) is 0 Å². The van der Waals surface area contributed by atoms with Crippen LogP contribution in [0.3, 0.4) is 0 Å². The lowest BCUT2D eigenvalue weighted by Gasteiger charge is -2.37. The molecule has 2 fully saturated rings. The Morgan fingerprint density at radius 2 is 1.87 bits per heavy atom. The summed E-state index contributed by atoms with van der Waals surface area (Å²) in [5.41, 5.74) is 5.57. The van der Waals surface area contributed by atoms with Crippen LogP contribution >= 0.6 is 0 Å². The topological polar surface area (TPSA) is 35.7 Å². The fourth-order valence-corrected chi connectivity index (χ4v) is 2.74. The van der Waals surface area contributed by atoms with Crippen molar-refractivity contribution in [2.24, 2.45) is 5.73 Å². The number of hydrogen-bond donors (Lipinski definition) is 1. The third kappa shape index (κ3) is 2.91. The van der Waals surface area contributed by atoms with Gasteiger partial charge in [0.15, 0.2) is 0 Å². The van der Waals surface area contributed by atoms with Crippen molar-refractivity contribution >= 4 is 0 Å². The molecule has 1 atom stereocenters. The van der Waals surface area contributed by atoms with E-state index >= 15 is 0 Å². The van der Waals surface area contributed by atoms with Crippen molar-refractivity contribution in [3.8, 4) is 0 Å². The highest BCUT2D eigenvalue weighted by Crippen LogP contribution is 2.15. The molecule has 2 aliphatic heterocycles. The Balaban J connectivity index is 1.73. The largest absolute Gasteiger partial charge is 0.329 e. The fourth-order valence-electron chi connectivity index (χ4n) is 2.74. The second-order valence-electron chi connectivity index (χ2n) is 4.87. The summed E-state index contributed by atoms with van der Waals surface area (Å²) in [6.45, 7) is 9.28. The highest BCUT2D eigenvalue weighted by atomic mass is 15.3. The molecule has 2 saturated heterocycles. The van der Waals surface area contributed by atoms with Gasteiger partial charge < -0.3 is 10.6 Å². The number of likely N-dealkylation sites (N-methyl/N-ethyl adjacent to an activating group) is 1. The Morgan fingerprint density at radius 1 is 1.13 bits per heavy atom. The molecular weight excluding hydrogens is 188 g/mol. The predicted molar refractivity (Wildman–Crippen MR) is 63.0 cm³/mol. The normalized spacial score (nSPS) is 31.2. The molecule has 2 heterocycles. The average Bonchev–Trinajstić information content (AvgIpc) is 2.67. The summed E-state index contributed by atoms with van der Waals surface area (Å²) in [5, 5.41) is 0. The number of piperazine rings is 1. The summed E-state index contributed by atoms with van der Waals surface area (Å²) in [6, 6.07) is 0.815. The Bertz CT molecular complexity index is 189. The van der Waals surface area contributed by atoms with E-state index in [1.54, 1.807) is 0 Å². The molecule has 0 aromatic rings. The van der Waals surface area contributed by atoms with Crippen molar-refractivity contribution in [3.05, 3.63) is 0 Å². The molecule has 15 heavy (non-hydrogen) atoms. The maximum Gasteiger partial charge on any atom is 0.0236 e. The minimum absolute atomic E-state index is 0.798. The van der Waals surface area contributed by atoms with E-state index in [-0.39, 0.29) is 0 Å². The monoisotopic (exact) mass is 212 g/mol. The summed E-state index contributed by atoms with van der Waals surface area (Å²) in [4.78, 5) is 7.59. The third-order valence-corrected chi connectivity index (χ3v) is 3.74. The van der Waals surface area contributed by atoms with Crippen LogP contribution in [0.15, 0.2) is 0 Å². The first-order valence-electron chi connectivity index (χ1n) is 6.14. The second kappa shape index (κ2) is 5.25. The van der Waals surface area contributed by atoms with E-state index in [9.17, 15) is 0 Å². The number of likely N-dealkylation sites (tertiary alicyclic amines) is 1. The molecule has 2 rings (SSSR count). The van der Waals surface area contributed by atoms with Gasteiger partial charge >= 0.3 is 0 Å². The third-order valence-electron chi connectivity index (χ3n) is 3.74. The number of rotatable bonds is 3. The van der Waals surface area contributed by atoms with E-state index < -0.39 is 0 Å². The molecule has 0 spiro atoms. The summed E-state index contributed by atoms with van der Waals surface area (Å²) < 4.78 is 0. The summed E-state index contributed by atoms with van der Waals surface area (Å²) >= 11 is 0. The standard InChI is InChI=1S/C11H24N4/c1-13-4-2-11(10-13)15-8-6-14(5-3-12)7-9-15/h11H,2-10,12H2,1H3. The molecule has 88 valence electrons. The molecule has 2 N–H and O–H groups in total. The van der Waals surface area contributed by atoms with Crippen molar-refractivity contribution in [3.63, 3.8) is 0 Å². The highest BCUT2D eigenvalue weighted by molar-refractivity contribution is 4.85. The van der Waals surface area contributed by atoms with Crippen LogP contribution in [0, 0.1) is 0 Å². The van der Waals surface area contributed by atoms with Gasteiger partial charge in [-0.3, -0.25) is 9.80 Å². The van der Waals surface area contributed by atoms with Crippen molar-refractivity contribution < 1.29 is 0 Å². The van der Waals surface area contributed by atoms with Gasteiger partial charge in [0.05, 0.1) is 0 Å². The predicted octanol–water partition coefficient (Wildman–Crippen LogP) is -0.733. The van der Waals surface area contributed by atoms with Crippen molar-refractivity contribution in [1.82, 2.24) is 14.7 Å². The van der Waals surface area contributed by atoms with E-state index in [4.69, 9.17) is 5.73 Å². The first-order chi connectivity index (χ1) is 7.29. The lowest BCUT2D eigenvalue weighted by Crippen LogP contribution is -2.51. The van der Waals surface area contributed by atoms with Crippen LogP contribution in [0.25, 0.3) is 0 Å². The zero-order valence-electron chi connectivity index (χ0n) is 9.86. The van der Waals surface area contributed by atoms with Gasteiger partial charge in [0.1, 0.15) is 0 Å². The van der Waals surface area contributed by atoms with Crippen LogP contribution in [-0.4, -0.2) is 80.1 Å². The molecule has 4 heteroatoms. The molecule has 0 radical (unpaired) electrons. The maximum absolute atomic E-state index is 5.57. The molecule has 0 saturated carbocycles. The van der Waals surface area contributed by atoms with E-state index in [2.05, 4.69) is 21.7 Å². The summed E-state index contributed by atoms with van der Waals surface area (Å²) in [6.07, 6.45) is 1.35. The first-order valence-corrected chi connectivity index (χ1v) is 6.14. The molecule has 1 unspecified atom stereocenters. The van der Waals surface area contributed by atoms with Crippen LogP contribution < -0.4 is 5.73 Å². The average molecular weight is 212 g/mol. The van der Waals surface area contributed by atoms with Gasteiger partial charge in [0.2, 0.25) is 0 Å². The zero-order chi connectivity index (χ0) is 10.7. The van der Waals surface area contributed by atoms with Gasteiger partial charge in [0.25, 0.3) is 0 Å². The molecule has 0 amide bonds. The second-order valence-corrected chi connectivity index (χ2v) is 4.87. The van der Waals surface area contributed by atoms with Gasteiger partial charge in [-0.25, -0.2) is 0 Å². The minimum Gasteiger partial charge on any atom is -0.329 e. The molecular formula is C11H24N4.